The molecule has 1 saturated carbocycles. The summed E-state index contributed by atoms with van der Waals surface area (Å²) in [6.07, 6.45) is 3.51. The average Bonchev–Trinajstić information content (AvgIpc) is 2.95. The van der Waals surface area contributed by atoms with Crippen LogP contribution < -0.4 is 15.4 Å². The van der Waals surface area contributed by atoms with Crippen LogP contribution >= 0.6 is 24.0 Å². The molecule has 1 aliphatic carbocycles. The lowest BCUT2D eigenvalue weighted by atomic mass is 10.1. The van der Waals surface area contributed by atoms with Crippen LogP contribution in [0.25, 0.3) is 0 Å². The first-order valence-corrected chi connectivity index (χ1v) is 8.15. The average molecular weight is 404 g/mol. The van der Waals surface area contributed by atoms with Gasteiger partial charge in [-0.15, -0.1) is 24.0 Å². The molecular formula is C11H25IN4O2S. The Labute approximate surface area is 133 Å². The molecule has 6 nitrogen and oxygen atoms in total. The quantitative estimate of drug-likeness (QED) is 0.345. The van der Waals surface area contributed by atoms with Gasteiger partial charge < -0.3 is 10.6 Å². The minimum absolute atomic E-state index is 0. The number of rotatable bonds is 6. The van der Waals surface area contributed by atoms with Gasteiger partial charge in [0, 0.05) is 18.1 Å². The maximum atomic E-state index is 11.2. The van der Waals surface area contributed by atoms with Crippen LogP contribution in [0.2, 0.25) is 0 Å². The standard InChI is InChI=1S/C11H24N4O2S.HI/c1-5-12-10(14-9-6-7-9)13-8-11(2,3)15-18(4,16)17;/h9,15H,5-8H2,1-4H3,(H2,12,13,14);1H. The van der Waals surface area contributed by atoms with Crippen molar-refractivity contribution in [1.29, 1.82) is 0 Å². The van der Waals surface area contributed by atoms with Crippen LogP contribution in [0.3, 0.4) is 0 Å². The Morgan fingerprint density at radius 2 is 1.95 bits per heavy atom. The fourth-order valence-electron chi connectivity index (χ4n) is 1.55. The zero-order valence-corrected chi connectivity index (χ0v) is 15.1. The Hall–Kier alpha value is -0.0900. The van der Waals surface area contributed by atoms with Crippen molar-refractivity contribution in [3.8, 4) is 0 Å². The third kappa shape index (κ3) is 9.44. The van der Waals surface area contributed by atoms with E-state index in [9.17, 15) is 8.42 Å². The molecule has 19 heavy (non-hydrogen) atoms. The highest BCUT2D eigenvalue weighted by atomic mass is 127. The van der Waals surface area contributed by atoms with Gasteiger partial charge in [-0.2, -0.15) is 0 Å². The third-order valence-corrected chi connectivity index (χ3v) is 3.28. The molecule has 0 radical (unpaired) electrons. The van der Waals surface area contributed by atoms with Gasteiger partial charge in [-0.1, -0.05) is 0 Å². The summed E-state index contributed by atoms with van der Waals surface area (Å²) in [4.78, 5) is 4.42. The van der Waals surface area contributed by atoms with Crippen molar-refractivity contribution < 1.29 is 8.42 Å². The van der Waals surface area contributed by atoms with Gasteiger partial charge in [0.2, 0.25) is 10.0 Å². The van der Waals surface area contributed by atoms with E-state index in [1.807, 2.05) is 20.8 Å². The van der Waals surface area contributed by atoms with Crippen molar-refractivity contribution in [2.75, 3.05) is 19.3 Å². The highest BCUT2D eigenvalue weighted by Gasteiger charge is 2.24. The van der Waals surface area contributed by atoms with Gasteiger partial charge in [-0.05, 0) is 33.6 Å². The van der Waals surface area contributed by atoms with Gasteiger partial charge in [-0.25, -0.2) is 13.1 Å². The van der Waals surface area contributed by atoms with Crippen LogP contribution in [0.15, 0.2) is 4.99 Å². The Morgan fingerprint density at radius 1 is 1.37 bits per heavy atom. The smallest absolute Gasteiger partial charge is 0.209 e. The van der Waals surface area contributed by atoms with Gasteiger partial charge in [0.15, 0.2) is 5.96 Å². The predicted octanol–water partition coefficient (Wildman–Crippen LogP) is 0.650. The van der Waals surface area contributed by atoms with E-state index >= 15 is 0 Å². The molecule has 8 heteroatoms. The summed E-state index contributed by atoms with van der Waals surface area (Å²) in [6, 6.07) is 0.522. The molecule has 0 aromatic rings. The van der Waals surface area contributed by atoms with Crippen LogP contribution in [-0.4, -0.2) is 45.3 Å². The van der Waals surface area contributed by atoms with E-state index < -0.39 is 15.6 Å². The molecule has 0 unspecified atom stereocenters. The summed E-state index contributed by atoms with van der Waals surface area (Å²) in [6.45, 7) is 6.82. The van der Waals surface area contributed by atoms with Crippen LogP contribution in [-0.2, 0) is 10.0 Å². The summed E-state index contributed by atoms with van der Waals surface area (Å²) in [5.74, 6) is 0.753. The normalized spacial score (nSPS) is 16.7. The Bertz CT molecular complexity index is 405. The zero-order valence-electron chi connectivity index (χ0n) is 12.0. The summed E-state index contributed by atoms with van der Waals surface area (Å²) in [5.41, 5.74) is -0.584. The van der Waals surface area contributed by atoms with E-state index in [1.165, 1.54) is 12.8 Å². The van der Waals surface area contributed by atoms with Gasteiger partial charge in [-0.3, -0.25) is 4.99 Å². The van der Waals surface area contributed by atoms with Crippen LogP contribution in [0.5, 0.6) is 0 Å². The molecule has 3 N–H and O–H groups in total. The van der Waals surface area contributed by atoms with Gasteiger partial charge in [0.1, 0.15) is 0 Å². The second-order valence-corrected chi connectivity index (χ2v) is 7.12. The number of aliphatic imine (C=N–C) groups is 1. The first kappa shape index (κ1) is 18.9. The van der Waals surface area contributed by atoms with Gasteiger partial charge in [0.25, 0.3) is 0 Å². The fraction of sp³-hybridized carbons (Fsp3) is 0.909. The minimum Gasteiger partial charge on any atom is -0.357 e. The second kappa shape index (κ2) is 7.63. The third-order valence-electron chi connectivity index (χ3n) is 2.36. The predicted molar refractivity (Wildman–Crippen MR) is 89.6 cm³/mol. The molecule has 0 atom stereocenters. The lowest BCUT2D eigenvalue weighted by Gasteiger charge is -2.23. The second-order valence-electron chi connectivity index (χ2n) is 5.37. The highest BCUT2D eigenvalue weighted by Crippen LogP contribution is 2.18. The topological polar surface area (TPSA) is 82.6 Å². The summed E-state index contributed by atoms with van der Waals surface area (Å²) >= 11 is 0. The van der Waals surface area contributed by atoms with Crippen molar-refractivity contribution in [2.24, 2.45) is 4.99 Å². The number of hydrogen-bond acceptors (Lipinski definition) is 3. The van der Waals surface area contributed by atoms with Crippen molar-refractivity contribution in [1.82, 2.24) is 15.4 Å². The molecule has 0 bridgehead atoms. The molecule has 114 valence electrons. The molecule has 0 spiro atoms. The molecular weight excluding hydrogens is 379 g/mol. The molecule has 0 aromatic carbocycles. The molecule has 0 heterocycles. The number of nitrogens with zero attached hydrogens (tertiary/aromatic N) is 1. The first-order valence-electron chi connectivity index (χ1n) is 6.25. The van der Waals surface area contributed by atoms with E-state index in [4.69, 9.17) is 0 Å². The minimum atomic E-state index is -3.21. The SMILES string of the molecule is CCNC(=NCC(C)(C)NS(C)(=O)=O)NC1CC1.I. The van der Waals surface area contributed by atoms with E-state index in [-0.39, 0.29) is 24.0 Å². The first-order chi connectivity index (χ1) is 8.22. The maximum Gasteiger partial charge on any atom is 0.209 e. The molecule has 0 amide bonds. The lowest BCUT2D eigenvalue weighted by molar-refractivity contribution is 0.464. The number of sulfonamides is 1. The molecule has 0 aromatic heterocycles. The highest BCUT2D eigenvalue weighted by molar-refractivity contribution is 14.0. The van der Waals surface area contributed by atoms with Crippen molar-refractivity contribution in [2.45, 2.75) is 45.2 Å². The monoisotopic (exact) mass is 404 g/mol. The zero-order chi connectivity index (χ0) is 13.8. The Morgan fingerprint density at radius 3 is 2.37 bits per heavy atom. The molecule has 1 rings (SSSR count). The molecule has 0 saturated heterocycles. The molecule has 1 aliphatic rings. The number of guanidine groups is 1. The summed E-state index contributed by atoms with van der Waals surface area (Å²) < 4.78 is 25.0. The fourth-order valence-corrected chi connectivity index (χ4v) is 2.62. The maximum absolute atomic E-state index is 11.2. The van der Waals surface area contributed by atoms with E-state index in [0.29, 0.717) is 12.6 Å². The van der Waals surface area contributed by atoms with E-state index in [0.717, 1.165) is 18.8 Å². The van der Waals surface area contributed by atoms with Crippen molar-refractivity contribution >= 4 is 40.0 Å². The Balaban J connectivity index is 0.00000324. The lowest BCUT2D eigenvalue weighted by Crippen LogP contribution is -2.47. The number of halogens is 1. The van der Waals surface area contributed by atoms with Gasteiger partial charge in [0.05, 0.1) is 12.8 Å². The van der Waals surface area contributed by atoms with Crippen molar-refractivity contribution in [3.05, 3.63) is 0 Å². The van der Waals surface area contributed by atoms with Crippen LogP contribution in [0.1, 0.15) is 33.6 Å². The Kier molecular flexibility index (Phi) is 7.59. The number of hydrogen-bond donors (Lipinski definition) is 3. The summed E-state index contributed by atoms with van der Waals surface area (Å²) in [7, 11) is -3.21. The van der Waals surface area contributed by atoms with E-state index in [2.05, 4.69) is 20.3 Å². The molecule has 0 aliphatic heterocycles. The summed E-state index contributed by atoms with van der Waals surface area (Å²) in [5, 5.41) is 6.44. The molecule has 1 fully saturated rings. The van der Waals surface area contributed by atoms with Crippen molar-refractivity contribution in [3.63, 3.8) is 0 Å². The van der Waals surface area contributed by atoms with Gasteiger partial charge >= 0.3 is 0 Å². The van der Waals surface area contributed by atoms with Crippen LogP contribution in [0.4, 0.5) is 0 Å². The van der Waals surface area contributed by atoms with E-state index in [1.54, 1.807) is 0 Å². The van der Waals surface area contributed by atoms with Crippen LogP contribution in [0, 0.1) is 0 Å². The largest absolute Gasteiger partial charge is 0.357 e. The number of nitrogens with one attached hydrogen (secondary N) is 3.